The second kappa shape index (κ2) is 10.8. The molecule has 3 rings (SSSR count). The number of amides is 1. The summed E-state index contributed by atoms with van der Waals surface area (Å²) in [7, 11) is 0. The number of carbonyl (C=O) groups excluding carboxylic acids is 1. The van der Waals surface area contributed by atoms with Crippen LogP contribution in [0.2, 0.25) is 10.0 Å². The molecular formula is C21H22BrCl2N3O2S. The van der Waals surface area contributed by atoms with Crippen molar-refractivity contribution in [2.45, 2.75) is 13.8 Å². The van der Waals surface area contributed by atoms with Gasteiger partial charge in [0.15, 0.2) is 11.7 Å². The number of aromatic nitrogens is 1. The molecule has 0 atom stereocenters. The summed E-state index contributed by atoms with van der Waals surface area (Å²) in [6.45, 7) is 7.19. The fraction of sp³-hybridized carbons (Fsp3) is 0.333. The number of hydrogen-bond donors (Lipinski definition) is 0. The lowest BCUT2D eigenvalue weighted by Gasteiger charge is -2.24. The molecule has 0 saturated carbocycles. The van der Waals surface area contributed by atoms with Gasteiger partial charge >= 0.3 is 0 Å². The first kappa shape index (κ1) is 23.3. The SMILES string of the molecule is CCN(CC)CCN(C(=O)COc1ccc(Cl)cc1Cl)c1nc2ccc(Br)cc2s1. The maximum absolute atomic E-state index is 13.1. The van der Waals surface area contributed by atoms with E-state index in [1.807, 2.05) is 18.2 Å². The Balaban J connectivity index is 1.80. The van der Waals surface area contributed by atoms with E-state index >= 15 is 0 Å². The van der Waals surface area contributed by atoms with Crippen LogP contribution < -0.4 is 9.64 Å². The number of thiazole rings is 1. The van der Waals surface area contributed by atoms with Crippen molar-refractivity contribution in [3.8, 4) is 5.75 Å². The van der Waals surface area contributed by atoms with Crippen molar-refractivity contribution in [3.05, 3.63) is 50.9 Å². The summed E-state index contributed by atoms with van der Waals surface area (Å²) in [5.41, 5.74) is 0.862. The molecule has 5 nitrogen and oxygen atoms in total. The van der Waals surface area contributed by atoms with Crippen LogP contribution in [0.1, 0.15) is 13.8 Å². The minimum absolute atomic E-state index is 0.140. The maximum Gasteiger partial charge on any atom is 0.266 e. The van der Waals surface area contributed by atoms with Gasteiger partial charge in [-0.2, -0.15) is 0 Å². The highest BCUT2D eigenvalue weighted by Crippen LogP contribution is 2.31. The molecule has 0 bridgehead atoms. The number of ether oxygens (including phenoxy) is 1. The summed E-state index contributed by atoms with van der Waals surface area (Å²) in [6, 6.07) is 10.8. The maximum atomic E-state index is 13.1. The lowest BCUT2D eigenvalue weighted by molar-refractivity contribution is -0.120. The van der Waals surface area contributed by atoms with Gasteiger partial charge in [0, 0.05) is 22.6 Å². The number of nitrogens with zero attached hydrogens (tertiary/aromatic N) is 3. The molecule has 1 amide bonds. The molecule has 160 valence electrons. The van der Waals surface area contributed by atoms with Gasteiger partial charge in [0.05, 0.1) is 15.2 Å². The molecule has 0 aliphatic heterocycles. The van der Waals surface area contributed by atoms with Crippen LogP contribution in [0.3, 0.4) is 0 Å². The molecule has 9 heteroatoms. The van der Waals surface area contributed by atoms with E-state index in [9.17, 15) is 4.79 Å². The van der Waals surface area contributed by atoms with Crippen molar-refractivity contribution in [1.29, 1.82) is 0 Å². The van der Waals surface area contributed by atoms with Gasteiger partial charge in [0.25, 0.3) is 5.91 Å². The van der Waals surface area contributed by atoms with Gasteiger partial charge in [-0.25, -0.2) is 4.98 Å². The normalized spacial score (nSPS) is 11.3. The van der Waals surface area contributed by atoms with E-state index in [4.69, 9.17) is 27.9 Å². The summed E-state index contributed by atoms with van der Waals surface area (Å²) >= 11 is 17.1. The summed E-state index contributed by atoms with van der Waals surface area (Å²) in [4.78, 5) is 21.7. The Labute approximate surface area is 198 Å². The Morgan fingerprint density at radius 1 is 1.13 bits per heavy atom. The van der Waals surface area contributed by atoms with Gasteiger partial charge in [-0.05, 0) is 49.5 Å². The molecule has 0 aliphatic rings. The zero-order chi connectivity index (χ0) is 21.7. The van der Waals surface area contributed by atoms with E-state index in [1.165, 1.54) is 11.3 Å². The van der Waals surface area contributed by atoms with Crippen LogP contribution in [0.15, 0.2) is 40.9 Å². The number of likely N-dealkylation sites (N-methyl/N-ethyl adjacent to an activating group) is 1. The predicted molar refractivity (Wildman–Crippen MR) is 129 cm³/mol. The topological polar surface area (TPSA) is 45.7 Å². The lowest BCUT2D eigenvalue weighted by Crippen LogP contribution is -2.41. The van der Waals surface area contributed by atoms with Crippen LogP contribution in [0, 0.1) is 0 Å². The number of halogens is 3. The Bertz CT molecular complexity index is 1030. The summed E-state index contributed by atoms with van der Waals surface area (Å²) < 4.78 is 7.68. The van der Waals surface area contributed by atoms with E-state index in [-0.39, 0.29) is 12.5 Å². The van der Waals surface area contributed by atoms with Crippen molar-refractivity contribution >= 4 is 71.7 Å². The largest absolute Gasteiger partial charge is 0.482 e. The number of hydrogen-bond acceptors (Lipinski definition) is 5. The molecular weight excluding hydrogens is 509 g/mol. The Kier molecular flexibility index (Phi) is 8.36. The van der Waals surface area contributed by atoms with E-state index in [1.54, 1.807) is 23.1 Å². The summed E-state index contributed by atoms with van der Waals surface area (Å²) in [6.07, 6.45) is 0. The zero-order valence-corrected chi connectivity index (χ0v) is 20.6. The average molecular weight is 531 g/mol. The molecule has 0 radical (unpaired) electrons. The number of fused-ring (bicyclic) bond motifs is 1. The Morgan fingerprint density at radius 3 is 2.60 bits per heavy atom. The van der Waals surface area contributed by atoms with Crippen LogP contribution >= 0.6 is 50.5 Å². The smallest absolute Gasteiger partial charge is 0.266 e. The molecule has 0 saturated heterocycles. The van der Waals surface area contributed by atoms with E-state index < -0.39 is 0 Å². The van der Waals surface area contributed by atoms with Gasteiger partial charge in [0.2, 0.25) is 0 Å². The molecule has 1 aromatic heterocycles. The molecule has 1 heterocycles. The third-order valence-electron chi connectivity index (χ3n) is 4.65. The number of anilines is 1. The predicted octanol–water partition coefficient (Wildman–Crippen LogP) is 6.12. The number of carbonyl (C=O) groups is 1. The average Bonchev–Trinajstić information content (AvgIpc) is 3.13. The van der Waals surface area contributed by atoms with Gasteiger partial charge in [-0.15, -0.1) is 0 Å². The lowest BCUT2D eigenvalue weighted by atomic mass is 10.3. The second-order valence-corrected chi connectivity index (χ2v) is 9.31. The third-order valence-corrected chi connectivity index (χ3v) is 6.72. The molecule has 0 spiro atoms. The van der Waals surface area contributed by atoms with E-state index in [0.29, 0.717) is 27.5 Å². The van der Waals surface area contributed by atoms with Crippen molar-refractivity contribution in [3.63, 3.8) is 0 Å². The van der Waals surface area contributed by atoms with Crippen molar-refractivity contribution in [1.82, 2.24) is 9.88 Å². The fourth-order valence-corrected chi connectivity index (χ4v) is 4.94. The first-order chi connectivity index (χ1) is 14.4. The highest BCUT2D eigenvalue weighted by Gasteiger charge is 2.21. The van der Waals surface area contributed by atoms with Gasteiger partial charge in [-0.1, -0.05) is 64.3 Å². The van der Waals surface area contributed by atoms with Gasteiger partial charge in [0.1, 0.15) is 5.75 Å². The first-order valence-electron chi connectivity index (χ1n) is 9.58. The van der Waals surface area contributed by atoms with Crippen LogP contribution in [0.5, 0.6) is 5.75 Å². The quantitative estimate of drug-likeness (QED) is 0.334. The Morgan fingerprint density at radius 2 is 1.90 bits per heavy atom. The number of rotatable bonds is 9. The van der Waals surface area contributed by atoms with Crippen LogP contribution in [0.25, 0.3) is 10.2 Å². The van der Waals surface area contributed by atoms with E-state index in [2.05, 4.69) is 39.7 Å². The fourth-order valence-electron chi connectivity index (χ4n) is 2.92. The van der Waals surface area contributed by atoms with Crippen molar-refractivity contribution in [2.24, 2.45) is 0 Å². The van der Waals surface area contributed by atoms with Crippen LogP contribution in [0.4, 0.5) is 5.13 Å². The monoisotopic (exact) mass is 529 g/mol. The first-order valence-corrected chi connectivity index (χ1v) is 11.9. The molecule has 3 aromatic rings. The third kappa shape index (κ3) is 5.86. The molecule has 2 aromatic carbocycles. The van der Waals surface area contributed by atoms with Crippen LogP contribution in [-0.2, 0) is 4.79 Å². The minimum atomic E-state index is -0.175. The van der Waals surface area contributed by atoms with Gasteiger partial charge < -0.3 is 9.64 Å². The number of benzene rings is 2. The highest BCUT2D eigenvalue weighted by molar-refractivity contribution is 9.10. The van der Waals surface area contributed by atoms with E-state index in [0.717, 1.165) is 34.3 Å². The van der Waals surface area contributed by atoms with Crippen molar-refractivity contribution < 1.29 is 9.53 Å². The van der Waals surface area contributed by atoms with Crippen LogP contribution in [-0.4, -0.2) is 48.6 Å². The summed E-state index contributed by atoms with van der Waals surface area (Å²) in [5.74, 6) is 0.248. The molecule has 0 fully saturated rings. The second-order valence-electron chi connectivity index (χ2n) is 6.54. The molecule has 0 unspecified atom stereocenters. The summed E-state index contributed by atoms with van der Waals surface area (Å²) in [5, 5.41) is 1.54. The Hall–Kier alpha value is -1.38. The molecule has 0 aliphatic carbocycles. The van der Waals surface area contributed by atoms with Gasteiger partial charge in [-0.3, -0.25) is 9.69 Å². The standard InChI is InChI=1S/C21H22BrCl2N3O2S/c1-3-26(4-2)9-10-27(21-25-17-7-5-14(22)11-19(17)30-21)20(28)13-29-18-8-6-15(23)12-16(18)24/h5-8,11-12H,3-4,9-10,13H2,1-2H3. The van der Waals surface area contributed by atoms with Crippen molar-refractivity contribution in [2.75, 3.05) is 37.7 Å². The zero-order valence-electron chi connectivity index (χ0n) is 16.7. The highest BCUT2D eigenvalue weighted by atomic mass is 79.9. The molecule has 0 N–H and O–H groups in total. The molecule has 30 heavy (non-hydrogen) atoms. The minimum Gasteiger partial charge on any atom is -0.482 e.